The second-order valence-electron chi connectivity index (χ2n) is 4.59. The van der Waals surface area contributed by atoms with Crippen LogP contribution in [0, 0.1) is 0 Å². The molecule has 1 rings (SSSR count). The molecule has 0 saturated heterocycles. The van der Waals surface area contributed by atoms with Gasteiger partial charge in [-0.1, -0.05) is 26.1 Å². The van der Waals surface area contributed by atoms with Gasteiger partial charge in [-0.25, -0.2) is 0 Å². The van der Waals surface area contributed by atoms with Crippen LogP contribution in [-0.4, -0.2) is 14.6 Å². The van der Waals surface area contributed by atoms with Crippen molar-refractivity contribution in [2.45, 2.75) is 43.9 Å². The zero-order valence-corrected chi connectivity index (χ0v) is 8.41. The Morgan fingerprint density at radius 2 is 1.80 bits per heavy atom. The fourth-order valence-electron chi connectivity index (χ4n) is 1.86. The summed E-state index contributed by atoms with van der Waals surface area (Å²) < 4.78 is 0. The highest BCUT2D eigenvalue weighted by Crippen LogP contribution is 2.54. The molecule has 0 unspecified atom stereocenters. The van der Waals surface area contributed by atoms with E-state index in [1.165, 1.54) is 19.3 Å². The van der Waals surface area contributed by atoms with Crippen molar-refractivity contribution >= 4 is 8.07 Å². The third-order valence-electron chi connectivity index (χ3n) is 3.29. The number of hydrogen-bond acceptors (Lipinski definition) is 1. The predicted molar refractivity (Wildman–Crippen MR) is 48.9 cm³/mol. The maximum atomic E-state index is 5.79. The third-order valence-corrected chi connectivity index (χ3v) is 7.18. The molecule has 0 aromatic carbocycles. The van der Waals surface area contributed by atoms with Crippen LogP contribution in [0.15, 0.2) is 0 Å². The molecule has 0 aromatic rings. The van der Waals surface area contributed by atoms with Crippen molar-refractivity contribution in [2.24, 2.45) is 5.73 Å². The Labute approximate surface area is 65.0 Å². The Kier molecular flexibility index (Phi) is 1.94. The number of nitrogens with two attached hydrogens (primary N) is 1. The predicted octanol–water partition coefficient (Wildman–Crippen LogP) is 2.21. The summed E-state index contributed by atoms with van der Waals surface area (Å²) in [6.07, 6.45) is 4.22. The lowest BCUT2D eigenvalue weighted by atomic mass is 9.84. The molecular weight excluding hydrogens is 138 g/mol. The second-order valence-corrected chi connectivity index (χ2v) is 10.1. The van der Waals surface area contributed by atoms with Gasteiger partial charge in [0, 0.05) is 0 Å². The van der Waals surface area contributed by atoms with E-state index in [-0.39, 0.29) is 0 Å². The topological polar surface area (TPSA) is 26.0 Å². The highest BCUT2D eigenvalue weighted by Gasteiger charge is 2.46. The number of rotatable bonds is 2. The summed E-state index contributed by atoms with van der Waals surface area (Å²) in [5.41, 5.74) is 5.79. The second kappa shape index (κ2) is 2.34. The first-order chi connectivity index (χ1) is 4.52. The molecule has 0 aliphatic heterocycles. The molecule has 1 fully saturated rings. The molecule has 10 heavy (non-hydrogen) atoms. The van der Waals surface area contributed by atoms with E-state index in [1.54, 1.807) is 0 Å². The van der Waals surface area contributed by atoms with E-state index in [0.717, 1.165) is 6.54 Å². The summed E-state index contributed by atoms with van der Waals surface area (Å²) in [6, 6.07) is 0. The van der Waals surface area contributed by atoms with Crippen LogP contribution in [-0.2, 0) is 0 Å². The van der Waals surface area contributed by atoms with Crippen LogP contribution in [0.5, 0.6) is 0 Å². The van der Waals surface area contributed by atoms with Crippen molar-refractivity contribution in [2.75, 3.05) is 6.54 Å². The first kappa shape index (κ1) is 8.28. The lowest BCUT2D eigenvalue weighted by Crippen LogP contribution is -2.48. The Bertz CT molecular complexity index is 116. The van der Waals surface area contributed by atoms with Crippen molar-refractivity contribution in [3.63, 3.8) is 0 Å². The third kappa shape index (κ3) is 1.03. The van der Waals surface area contributed by atoms with E-state index in [4.69, 9.17) is 5.73 Å². The molecule has 1 nitrogen and oxygen atoms in total. The largest absolute Gasteiger partial charge is 0.330 e. The van der Waals surface area contributed by atoms with E-state index in [2.05, 4.69) is 19.6 Å². The van der Waals surface area contributed by atoms with Crippen LogP contribution >= 0.6 is 0 Å². The molecule has 0 radical (unpaired) electrons. The van der Waals surface area contributed by atoms with Crippen molar-refractivity contribution in [3.05, 3.63) is 0 Å². The minimum Gasteiger partial charge on any atom is -0.330 e. The van der Waals surface area contributed by atoms with E-state index in [1.807, 2.05) is 0 Å². The molecular formula is C8H19NSi. The van der Waals surface area contributed by atoms with Gasteiger partial charge < -0.3 is 5.73 Å². The summed E-state index contributed by atoms with van der Waals surface area (Å²) >= 11 is 0. The van der Waals surface area contributed by atoms with Crippen LogP contribution in [0.3, 0.4) is 0 Å². The van der Waals surface area contributed by atoms with Crippen molar-refractivity contribution in [1.29, 1.82) is 0 Å². The quantitative estimate of drug-likeness (QED) is 0.611. The molecule has 60 valence electrons. The van der Waals surface area contributed by atoms with Crippen LogP contribution in [0.4, 0.5) is 0 Å². The molecule has 0 spiro atoms. The van der Waals surface area contributed by atoms with Crippen LogP contribution in [0.1, 0.15) is 19.3 Å². The summed E-state index contributed by atoms with van der Waals surface area (Å²) in [5, 5.41) is 0.618. The van der Waals surface area contributed by atoms with Gasteiger partial charge >= 0.3 is 0 Å². The zero-order valence-electron chi connectivity index (χ0n) is 7.41. The Morgan fingerprint density at radius 1 is 1.30 bits per heavy atom. The van der Waals surface area contributed by atoms with Gasteiger partial charge in [-0.3, -0.25) is 0 Å². The van der Waals surface area contributed by atoms with Crippen LogP contribution < -0.4 is 5.73 Å². The highest BCUT2D eigenvalue weighted by atomic mass is 28.3. The average Bonchev–Trinajstić information content (AvgIpc) is 1.58. The van der Waals surface area contributed by atoms with Gasteiger partial charge in [0.05, 0.1) is 8.07 Å². The molecule has 1 aliphatic rings. The molecule has 1 saturated carbocycles. The monoisotopic (exact) mass is 157 g/mol. The summed E-state index contributed by atoms with van der Waals surface area (Å²) in [5.74, 6) is 0. The zero-order chi connectivity index (χ0) is 7.83. The van der Waals surface area contributed by atoms with Gasteiger partial charge in [0.1, 0.15) is 0 Å². The summed E-state index contributed by atoms with van der Waals surface area (Å²) in [4.78, 5) is 0. The van der Waals surface area contributed by atoms with Gasteiger partial charge in [0.25, 0.3) is 0 Å². The SMILES string of the molecule is C[Si](C)(C)C1(CN)CCC1. The fourth-order valence-corrected chi connectivity index (χ4v) is 4.33. The number of hydrogen-bond donors (Lipinski definition) is 1. The minimum absolute atomic E-state index is 0.618. The smallest absolute Gasteiger partial charge is 0.0521 e. The minimum atomic E-state index is -0.949. The van der Waals surface area contributed by atoms with E-state index < -0.39 is 8.07 Å². The molecule has 0 atom stereocenters. The lowest BCUT2D eigenvalue weighted by molar-refractivity contribution is 0.332. The maximum Gasteiger partial charge on any atom is 0.0521 e. The molecule has 1 aliphatic carbocycles. The van der Waals surface area contributed by atoms with Gasteiger partial charge in [-0.05, 0) is 24.4 Å². The standard InChI is InChI=1S/C8H19NSi/c1-10(2,3)8(7-9)5-4-6-8/h4-7,9H2,1-3H3. The average molecular weight is 157 g/mol. The van der Waals surface area contributed by atoms with E-state index in [0.29, 0.717) is 5.04 Å². The van der Waals surface area contributed by atoms with Gasteiger partial charge in [0.2, 0.25) is 0 Å². The molecule has 0 amide bonds. The van der Waals surface area contributed by atoms with Crippen LogP contribution in [0.2, 0.25) is 24.7 Å². The molecule has 0 aromatic heterocycles. The van der Waals surface area contributed by atoms with Crippen molar-refractivity contribution in [3.8, 4) is 0 Å². The lowest BCUT2D eigenvalue weighted by Gasteiger charge is -2.50. The fraction of sp³-hybridized carbons (Fsp3) is 1.00. The maximum absolute atomic E-state index is 5.79. The van der Waals surface area contributed by atoms with E-state index in [9.17, 15) is 0 Å². The highest BCUT2D eigenvalue weighted by molar-refractivity contribution is 6.79. The Morgan fingerprint density at radius 3 is 1.80 bits per heavy atom. The van der Waals surface area contributed by atoms with Gasteiger partial charge in [-0.15, -0.1) is 0 Å². The normalized spacial score (nSPS) is 24.0. The molecule has 0 heterocycles. The van der Waals surface area contributed by atoms with Crippen molar-refractivity contribution in [1.82, 2.24) is 0 Å². The first-order valence-corrected chi connectivity index (χ1v) is 7.72. The summed E-state index contributed by atoms with van der Waals surface area (Å²) in [6.45, 7) is 8.26. The van der Waals surface area contributed by atoms with E-state index >= 15 is 0 Å². The Hall–Kier alpha value is 0.177. The molecule has 2 heteroatoms. The van der Waals surface area contributed by atoms with Crippen molar-refractivity contribution < 1.29 is 0 Å². The molecule has 2 N–H and O–H groups in total. The summed E-state index contributed by atoms with van der Waals surface area (Å²) in [7, 11) is -0.949. The molecule has 0 bridgehead atoms. The Balaban J connectivity index is 2.65. The van der Waals surface area contributed by atoms with Gasteiger partial charge in [0.15, 0.2) is 0 Å². The van der Waals surface area contributed by atoms with Gasteiger partial charge in [-0.2, -0.15) is 0 Å². The van der Waals surface area contributed by atoms with Crippen LogP contribution in [0.25, 0.3) is 0 Å². The first-order valence-electron chi connectivity index (χ1n) is 4.22.